The molecule has 0 amide bonds. The summed E-state index contributed by atoms with van der Waals surface area (Å²) in [5.41, 5.74) is -13.6. The molecule has 0 aliphatic heterocycles. The predicted octanol–water partition coefficient (Wildman–Crippen LogP) is 0.202. The van der Waals surface area contributed by atoms with Crippen LogP contribution in [0.2, 0.25) is 0 Å². The second-order valence-corrected chi connectivity index (χ2v) is 7.92. The van der Waals surface area contributed by atoms with Gasteiger partial charge in [-0.2, -0.15) is 34.8 Å². The number of halogens is 7. The maximum absolute atomic E-state index is 12.2. The summed E-state index contributed by atoms with van der Waals surface area (Å²) in [7, 11) is -22.8. The average molecular weight is 363 g/mol. The van der Waals surface area contributed by atoms with E-state index >= 15 is 0 Å². The van der Waals surface area contributed by atoms with Gasteiger partial charge in [-0.05, 0) is 0 Å². The number of hydrogen-bond donors (Lipinski definition) is 0. The first-order valence-corrected chi connectivity index (χ1v) is 7.46. The van der Waals surface area contributed by atoms with Crippen LogP contribution in [-0.2, 0) is 30.5 Å². The van der Waals surface area contributed by atoms with E-state index in [0.717, 1.165) is 0 Å². The van der Waals surface area contributed by atoms with Crippen molar-refractivity contribution in [3.05, 3.63) is 0 Å². The van der Waals surface area contributed by atoms with Crippen molar-refractivity contribution < 1.29 is 55.5 Å². The van der Waals surface area contributed by atoms with Crippen LogP contribution in [0.15, 0.2) is 0 Å². The first-order chi connectivity index (χ1) is 7.87. The fourth-order valence-electron chi connectivity index (χ4n) is 0.533. The van der Waals surface area contributed by atoms with Crippen molar-refractivity contribution in [1.82, 2.24) is 3.12 Å². The van der Waals surface area contributed by atoms with E-state index < -0.39 is 44.6 Å². The van der Waals surface area contributed by atoms with Crippen LogP contribution < -0.4 is 0 Å². The average Bonchev–Trinajstić information content (AvgIpc) is 1.93. The molecular weight excluding hydrogens is 363 g/mol. The van der Waals surface area contributed by atoms with Gasteiger partial charge in [-0.1, -0.05) is 3.89 Å². The molecule has 0 atom stereocenters. The van der Waals surface area contributed by atoms with Gasteiger partial charge in [-0.15, -0.1) is 0 Å². The zero-order valence-corrected chi connectivity index (χ0v) is 10.2. The van der Waals surface area contributed by atoms with E-state index in [-0.39, 0.29) is 0 Å². The number of rotatable bonds is 3. The highest BCUT2D eigenvalue weighted by molar-refractivity contribution is 8.16. The smallest absolute Gasteiger partial charge is 0.200 e. The lowest BCUT2D eigenvalue weighted by atomic mass is 11.6. The normalized spacial score (nSPS) is 15.8. The van der Waals surface area contributed by atoms with E-state index in [1.165, 1.54) is 0 Å². The topological polar surface area (TPSA) is 106 Å². The maximum Gasteiger partial charge on any atom is 0.513 e. The molecule has 0 saturated carbocycles. The van der Waals surface area contributed by atoms with Crippen LogP contribution in [-0.4, -0.2) is 39.4 Å². The first-order valence-electron chi connectivity index (χ1n) is 3.24. The van der Waals surface area contributed by atoms with Crippen molar-refractivity contribution in [2.75, 3.05) is 0 Å². The summed E-state index contributed by atoms with van der Waals surface area (Å²) in [6.45, 7) is 0. The molecule has 17 heteroatoms. The highest BCUT2D eigenvalue weighted by Gasteiger charge is 2.66. The SMILES string of the molecule is O=S(=O)(F)N(S(=O)(=O)C(F)(F)F)S(=O)(=O)C(F)(F)F. The molecule has 0 aromatic rings. The summed E-state index contributed by atoms with van der Waals surface area (Å²) in [6.07, 6.45) is 0. The largest absolute Gasteiger partial charge is 0.513 e. The third-order valence-corrected chi connectivity index (χ3v) is 6.89. The lowest BCUT2D eigenvalue weighted by Crippen LogP contribution is -2.50. The van der Waals surface area contributed by atoms with Crippen molar-refractivity contribution in [2.45, 2.75) is 11.0 Å². The fourth-order valence-corrected chi connectivity index (χ4v) is 4.79. The Morgan fingerprint density at radius 3 is 0.947 bits per heavy atom. The fraction of sp³-hybridized carbons (Fsp3) is 1.00. The van der Waals surface area contributed by atoms with Gasteiger partial charge in [0.25, 0.3) is 0 Å². The Bertz CT molecular complexity index is 607. The number of sulfonamides is 2. The molecule has 0 spiro atoms. The predicted molar refractivity (Wildman–Crippen MR) is 41.8 cm³/mol. The Morgan fingerprint density at radius 1 is 0.632 bits per heavy atom. The van der Waals surface area contributed by atoms with Crippen molar-refractivity contribution in [2.24, 2.45) is 0 Å². The lowest BCUT2D eigenvalue weighted by Gasteiger charge is -2.19. The minimum atomic E-state index is -7.67. The molecule has 0 rings (SSSR count). The molecule has 0 radical (unpaired) electrons. The summed E-state index contributed by atoms with van der Waals surface area (Å²) in [5.74, 6) is 0. The van der Waals surface area contributed by atoms with E-state index in [9.17, 15) is 55.5 Å². The molecule has 0 aliphatic rings. The molecule has 0 aliphatic carbocycles. The number of nitrogens with zero attached hydrogens (tertiary/aromatic N) is 1. The Morgan fingerprint density at radius 2 is 0.842 bits per heavy atom. The van der Waals surface area contributed by atoms with Gasteiger partial charge in [0.15, 0.2) is 0 Å². The molecule has 0 aromatic carbocycles. The molecule has 0 fully saturated rings. The highest BCUT2D eigenvalue weighted by atomic mass is 32.4. The quantitative estimate of drug-likeness (QED) is 0.524. The molecule has 0 heterocycles. The zero-order valence-electron chi connectivity index (χ0n) is 7.77. The lowest BCUT2D eigenvalue weighted by molar-refractivity contribution is -0.0508. The third kappa shape index (κ3) is 3.26. The molecule has 0 saturated heterocycles. The van der Waals surface area contributed by atoms with Gasteiger partial charge in [0, 0.05) is 0 Å². The second kappa shape index (κ2) is 4.42. The molecule has 0 aromatic heterocycles. The van der Waals surface area contributed by atoms with Crippen LogP contribution in [0, 0.1) is 0 Å². The van der Waals surface area contributed by atoms with Gasteiger partial charge in [-0.3, -0.25) is 0 Å². The molecule has 0 bridgehead atoms. The number of alkyl halides is 6. The Hall–Kier alpha value is -0.680. The van der Waals surface area contributed by atoms with E-state index in [0.29, 0.717) is 0 Å². The van der Waals surface area contributed by atoms with Gasteiger partial charge < -0.3 is 0 Å². The molecule has 7 nitrogen and oxygen atoms in total. The van der Waals surface area contributed by atoms with Crippen LogP contribution in [0.25, 0.3) is 0 Å². The van der Waals surface area contributed by atoms with E-state index in [1.54, 1.807) is 0 Å². The summed E-state index contributed by atoms with van der Waals surface area (Å²) in [6, 6.07) is 0. The van der Waals surface area contributed by atoms with Crippen LogP contribution in [0.1, 0.15) is 0 Å². The summed E-state index contributed by atoms with van der Waals surface area (Å²) in [5, 5.41) is 0. The van der Waals surface area contributed by atoms with Crippen LogP contribution >= 0.6 is 0 Å². The van der Waals surface area contributed by atoms with E-state index in [2.05, 4.69) is 0 Å². The van der Waals surface area contributed by atoms with Gasteiger partial charge in [0.1, 0.15) is 0 Å². The number of hydrogen-bond acceptors (Lipinski definition) is 6. The van der Waals surface area contributed by atoms with E-state index in [1.807, 2.05) is 0 Å². The van der Waals surface area contributed by atoms with Crippen molar-refractivity contribution in [1.29, 1.82) is 0 Å². The third-order valence-electron chi connectivity index (χ3n) is 1.16. The summed E-state index contributed by atoms with van der Waals surface area (Å²) >= 11 is 0. The van der Waals surface area contributed by atoms with Gasteiger partial charge in [-0.25, -0.2) is 16.8 Å². The monoisotopic (exact) mass is 363 g/mol. The summed E-state index contributed by atoms with van der Waals surface area (Å²) in [4.78, 5) is 0. The Balaban J connectivity index is 6.59. The van der Waals surface area contributed by atoms with Crippen LogP contribution in [0.5, 0.6) is 0 Å². The van der Waals surface area contributed by atoms with E-state index in [4.69, 9.17) is 0 Å². The van der Waals surface area contributed by atoms with Crippen molar-refractivity contribution in [3.8, 4) is 0 Å². The maximum atomic E-state index is 12.2. The summed E-state index contributed by atoms with van der Waals surface area (Å²) < 4.78 is 142. The molecule has 19 heavy (non-hydrogen) atoms. The van der Waals surface area contributed by atoms with Crippen molar-refractivity contribution >= 4 is 30.5 Å². The van der Waals surface area contributed by atoms with Gasteiger partial charge in [0.05, 0.1) is 3.12 Å². The van der Waals surface area contributed by atoms with Crippen molar-refractivity contribution in [3.63, 3.8) is 0 Å². The van der Waals surface area contributed by atoms with Crippen LogP contribution in [0.3, 0.4) is 0 Å². The Kier molecular flexibility index (Phi) is 4.26. The first kappa shape index (κ1) is 18.3. The highest BCUT2D eigenvalue weighted by Crippen LogP contribution is 2.37. The second-order valence-electron chi connectivity index (χ2n) is 2.48. The molecule has 0 unspecified atom stereocenters. The zero-order chi connectivity index (χ0) is 16.1. The molecule has 116 valence electrons. The Labute approximate surface area is 101 Å². The minimum absolute atomic E-state index is 3.27. The minimum Gasteiger partial charge on any atom is -0.200 e. The van der Waals surface area contributed by atoms with Gasteiger partial charge in [0.2, 0.25) is 0 Å². The van der Waals surface area contributed by atoms with Crippen LogP contribution in [0.4, 0.5) is 30.2 Å². The standard InChI is InChI=1S/C2F7NO6S3/c3-1(4,5)17(11,12)10(19(9,15)16)18(13,14)2(6,7)8. The van der Waals surface area contributed by atoms with Gasteiger partial charge >= 0.3 is 41.5 Å². The molecular formula is C2F7NO6S3. The molecule has 0 N–H and O–H groups in total.